The van der Waals surface area contributed by atoms with Crippen molar-refractivity contribution in [2.24, 2.45) is 5.92 Å². The Balaban J connectivity index is 2.36. The SMILES string of the molecule is CC(CS(C)=O)NC1CCCC(C(=O)O)C1. The highest BCUT2D eigenvalue weighted by Crippen LogP contribution is 2.24. The average molecular weight is 247 g/mol. The maximum atomic E-state index is 11.0. The van der Waals surface area contributed by atoms with Gasteiger partial charge in [0, 0.05) is 34.9 Å². The predicted octanol–water partition coefficient (Wildman–Crippen LogP) is 0.986. The second-order valence-corrected chi connectivity index (χ2v) is 6.19. The van der Waals surface area contributed by atoms with Crippen LogP contribution >= 0.6 is 0 Å². The van der Waals surface area contributed by atoms with Gasteiger partial charge >= 0.3 is 5.97 Å². The largest absolute Gasteiger partial charge is 0.481 e. The summed E-state index contributed by atoms with van der Waals surface area (Å²) in [5.41, 5.74) is 0. The van der Waals surface area contributed by atoms with Crippen molar-refractivity contribution in [2.45, 2.75) is 44.7 Å². The number of rotatable bonds is 5. The molecule has 5 heteroatoms. The normalized spacial score (nSPS) is 29.6. The molecule has 4 atom stereocenters. The van der Waals surface area contributed by atoms with E-state index >= 15 is 0 Å². The van der Waals surface area contributed by atoms with Gasteiger partial charge in [-0.1, -0.05) is 6.42 Å². The summed E-state index contributed by atoms with van der Waals surface area (Å²) in [6, 6.07) is 0.469. The third kappa shape index (κ3) is 4.61. The molecule has 0 aromatic carbocycles. The van der Waals surface area contributed by atoms with Crippen LogP contribution < -0.4 is 5.32 Å². The lowest BCUT2D eigenvalue weighted by molar-refractivity contribution is -0.143. The lowest BCUT2D eigenvalue weighted by atomic mass is 9.85. The van der Waals surface area contributed by atoms with Crippen molar-refractivity contribution in [3.8, 4) is 0 Å². The van der Waals surface area contributed by atoms with E-state index < -0.39 is 16.8 Å². The van der Waals surface area contributed by atoms with Crippen LogP contribution in [-0.2, 0) is 15.6 Å². The number of carbonyl (C=O) groups is 1. The van der Waals surface area contributed by atoms with Crippen LogP contribution in [0.15, 0.2) is 0 Å². The van der Waals surface area contributed by atoms with Gasteiger partial charge in [-0.3, -0.25) is 9.00 Å². The highest BCUT2D eigenvalue weighted by molar-refractivity contribution is 7.84. The van der Waals surface area contributed by atoms with Crippen LogP contribution in [0, 0.1) is 5.92 Å². The Labute approximate surface area is 99.3 Å². The van der Waals surface area contributed by atoms with Crippen molar-refractivity contribution >= 4 is 16.8 Å². The molecule has 1 fully saturated rings. The zero-order chi connectivity index (χ0) is 12.1. The van der Waals surface area contributed by atoms with Crippen molar-refractivity contribution in [2.75, 3.05) is 12.0 Å². The molecule has 1 aliphatic rings. The summed E-state index contributed by atoms with van der Waals surface area (Å²) >= 11 is 0. The fraction of sp³-hybridized carbons (Fsp3) is 0.909. The van der Waals surface area contributed by atoms with Gasteiger partial charge in [0.15, 0.2) is 0 Å². The van der Waals surface area contributed by atoms with Gasteiger partial charge in [-0.15, -0.1) is 0 Å². The Morgan fingerprint density at radius 1 is 1.56 bits per heavy atom. The molecular formula is C11H21NO3S. The van der Waals surface area contributed by atoms with Gasteiger partial charge in [-0.25, -0.2) is 0 Å². The van der Waals surface area contributed by atoms with Crippen LogP contribution in [0.1, 0.15) is 32.6 Å². The molecule has 1 saturated carbocycles. The monoisotopic (exact) mass is 247 g/mol. The fourth-order valence-corrected chi connectivity index (χ4v) is 3.17. The van der Waals surface area contributed by atoms with E-state index in [-0.39, 0.29) is 18.0 Å². The molecule has 4 unspecified atom stereocenters. The minimum Gasteiger partial charge on any atom is -0.481 e. The standard InChI is InChI=1S/C11H21NO3S/c1-8(7-16(2)15)12-10-5-3-4-9(6-10)11(13)14/h8-10,12H,3-7H2,1-2H3,(H,13,14). The molecule has 0 bridgehead atoms. The first-order valence-electron chi connectivity index (χ1n) is 5.78. The average Bonchev–Trinajstić information content (AvgIpc) is 2.16. The van der Waals surface area contributed by atoms with Crippen molar-refractivity contribution in [1.29, 1.82) is 0 Å². The van der Waals surface area contributed by atoms with Crippen molar-refractivity contribution in [1.82, 2.24) is 5.32 Å². The fourth-order valence-electron chi connectivity index (χ4n) is 2.37. The number of hydrogen-bond acceptors (Lipinski definition) is 3. The van der Waals surface area contributed by atoms with Gasteiger partial charge in [0.05, 0.1) is 5.92 Å². The van der Waals surface area contributed by atoms with Crippen LogP contribution in [0.4, 0.5) is 0 Å². The van der Waals surface area contributed by atoms with Gasteiger partial charge in [0.25, 0.3) is 0 Å². The van der Waals surface area contributed by atoms with Gasteiger partial charge in [0.1, 0.15) is 0 Å². The number of carboxylic acid groups (broad SMARTS) is 1. The van der Waals surface area contributed by atoms with Crippen LogP contribution in [0.25, 0.3) is 0 Å². The predicted molar refractivity (Wildman–Crippen MR) is 64.9 cm³/mol. The van der Waals surface area contributed by atoms with E-state index in [0.717, 1.165) is 19.3 Å². The summed E-state index contributed by atoms with van der Waals surface area (Å²) < 4.78 is 11.0. The Hall–Kier alpha value is -0.420. The summed E-state index contributed by atoms with van der Waals surface area (Å²) in [6.45, 7) is 2.01. The van der Waals surface area contributed by atoms with E-state index in [2.05, 4.69) is 5.32 Å². The minimum absolute atomic E-state index is 0.198. The number of aliphatic carboxylic acids is 1. The maximum absolute atomic E-state index is 11.0. The summed E-state index contributed by atoms with van der Waals surface area (Å²) in [4.78, 5) is 10.9. The van der Waals surface area contributed by atoms with Gasteiger partial charge < -0.3 is 10.4 Å². The highest BCUT2D eigenvalue weighted by Gasteiger charge is 2.27. The molecule has 0 amide bonds. The quantitative estimate of drug-likeness (QED) is 0.760. The Morgan fingerprint density at radius 3 is 2.81 bits per heavy atom. The summed E-state index contributed by atoms with van der Waals surface area (Å²) in [5, 5.41) is 12.3. The maximum Gasteiger partial charge on any atom is 0.306 e. The van der Waals surface area contributed by atoms with E-state index in [0.29, 0.717) is 12.2 Å². The van der Waals surface area contributed by atoms with Crippen LogP contribution in [0.5, 0.6) is 0 Å². The molecule has 0 aromatic heterocycles. The van der Waals surface area contributed by atoms with E-state index in [1.165, 1.54) is 0 Å². The second-order valence-electron chi connectivity index (χ2n) is 4.71. The van der Waals surface area contributed by atoms with Gasteiger partial charge in [-0.2, -0.15) is 0 Å². The summed E-state index contributed by atoms with van der Waals surface area (Å²) in [5.74, 6) is -0.252. The lowest BCUT2D eigenvalue weighted by Crippen LogP contribution is -2.43. The summed E-state index contributed by atoms with van der Waals surface area (Å²) in [6.07, 6.45) is 5.19. The molecule has 0 aromatic rings. The lowest BCUT2D eigenvalue weighted by Gasteiger charge is -2.29. The Kier molecular flexibility index (Phi) is 5.41. The number of hydrogen-bond donors (Lipinski definition) is 2. The van der Waals surface area contributed by atoms with Crippen molar-refractivity contribution in [3.05, 3.63) is 0 Å². The molecule has 94 valence electrons. The highest BCUT2D eigenvalue weighted by atomic mass is 32.2. The molecule has 0 saturated heterocycles. The molecule has 0 radical (unpaired) electrons. The van der Waals surface area contributed by atoms with Gasteiger partial charge in [-0.05, 0) is 26.2 Å². The molecule has 4 nitrogen and oxygen atoms in total. The third-order valence-electron chi connectivity index (χ3n) is 3.03. The van der Waals surface area contributed by atoms with Crippen LogP contribution in [0.3, 0.4) is 0 Å². The van der Waals surface area contributed by atoms with E-state index in [4.69, 9.17) is 5.11 Å². The number of carboxylic acids is 1. The zero-order valence-electron chi connectivity index (χ0n) is 9.94. The molecular weight excluding hydrogens is 226 g/mol. The van der Waals surface area contributed by atoms with Crippen molar-refractivity contribution in [3.63, 3.8) is 0 Å². The molecule has 2 N–H and O–H groups in total. The molecule has 1 rings (SSSR count). The first-order valence-corrected chi connectivity index (χ1v) is 7.50. The minimum atomic E-state index is -0.796. The Bertz CT molecular complexity index is 270. The topological polar surface area (TPSA) is 66.4 Å². The molecule has 16 heavy (non-hydrogen) atoms. The summed E-state index contributed by atoms with van der Waals surface area (Å²) in [7, 11) is -0.796. The van der Waals surface area contributed by atoms with Crippen LogP contribution in [0.2, 0.25) is 0 Å². The molecule has 0 heterocycles. The zero-order valence-corrected chi connectivity index (χ0v) is 10.8. The van der Waals surface area contributed by atoms with E-state index in [9.17, 15) is 9.00 Å². The van der Waals surface area contributed by atoms with Gasteiger partial charge in [0.2, 0.25) is 0 Å². The van der Waals surface area contributed by atoms with E-state index in [1.54, 1.807) is 6.26 Å². The number of nitrogens with one attached hydrogen (secondary N) is 1. The van der Waals surface area contributed by atoms with Crippen molar-refractivity contribution < 1.29 is 14.1 Å². The molecule has 0 aliphatic heterocycles. The molecule has 0 spiro atoms. The van der Waals surface area contributed by atoms with Crippen LogP contribution in [-0.4, -0.2) is 39.4 Å². The first kappa shape index (κ1) is 13.6. The first-order chi connectivity index (χ1) is 7.49. The third-order valence-corrected chi connectivity index (χ3v) is 4.00. The van der Waals surface area contributed by atoms with E-state index in [1.807, 2.05) is 6.92 Å². The Morgan fingerprint density at radius 2 is 2.25 bits per heavy atom. The molecule has 1 aliphatic carbocycles. The smallest absolute Gasteiger partial charge is 0.306 e. The second kappa shape index (κ2) is 6.35.